The Kier molecular flexibility index (Phi) is 7.86. The molecule has 6 nitrogen and oxygen atoms in total. The van der Waals surface area contributed by atoms with Crippen molar-refractivity contribution in [3.05, 3.63) is 71.8 Å². The maximum Gasteiger partial charge on any atom is 0.304 e. The molecule has 5 rings (SSSR count). The molecule has 194 valence electrons. The topological polar surface area (TPSA) is 78.5 Å². The molecule has 1 N–H and O–H groups in total. The number of nitrogens with zero attached hydrogens (tertiary/aromatic N) is 1. The fraction of sp³-hybridized carbons (Fsp3) is 0.533. The summed E-state index contributed by atoms with van der Waals surface area (Å²) in [4.78, 5) is 25.7. The van der Waals surface area contributed by atoms with Gasteiger partial charge in [0, 0.05) is 43.7 Å². The maximum atomic E-state index is 14.2. The third kappa shape index (κ3) is 5.98. The second kappa shape index (κ2) is 10.7. The van der Waals surface area contributed by atoms with Crippen molar-refractivity contribution < 1.29 is 23.9 Å². The Hall–Kier alpha value is -2.70. The molecule has 3 aliphatic rings. The van der Waals surface area contributed by atoms with Gasteiger partial charge in [0.2, 0.25) is 5.91 Å². The van der Waals surface area contributed by atoms with E-state index in [0.29, 0.717) is 30.0 Å². The van der Waals surface area contributed by atoms with E-state index < -0.39 is 11.6 Å². The lowest BCUT2D eigenvalue weighted by Gasteiger charge is -2.53. The number of carbonyl (C=O) groups is 2. The number of esters is 1. The average molecular weight is 493 g/mol. The first kappa shape index (κ1) is 26.4. The summed E-state index contributed by atoms with van der Waals surface area (Å²) in [7, 11) is 0. The van der Waals surface area contributed by atoms with Crippen LogP contribution in [0, 0.1) is 11.3 Å². The molecule has 3 heterocycles. The van der Waals surface area contributed by atoms with Crippen molar-refractivity contribution in [1.29, 1.82) is 0 Å². The van der Waals surface area contributed by atoms with Crippen molar-refractivity contribution in [3.8, 4) is 0 Å². The largest absolute Gasteiger partial charge is 0.834 e. The lowest BCUT2D eigenvalue weighted by molar-refractivity contribution is -0.946. The van der Waals surface area contributed by atoms with Gasteiger partial charge in [-0.05, 0) is 16.5 Å². The Morgan fingerprint density at radius 3 is 2.06 bits per heavy atom. The summed E-state index contributed by atoms with van der Waals surface area (Å²) in [5.74, 6) is -0.317. The minimum Gasteiger partial charge on any atom is -0.834 e. The van der Waals surface area contributed by atoms with E-state index in [1.54, 1.807) is 48.5 Å². The summed E-state index contributed by atoms with van der Waals surface area (Å²) < 4.78 is 6.98. The van der Waals surface area contributed by atoms with Gasteiger partial charge in [0.05, 0.1) is 19.6 Å². The quantitative estimate of drug-likeness (QED) is 0.331. The number of amides is 1. The fourth-order valence-corrected chi connectivity index (χ4v) is 5.82. The van der Waals surface area contributed by atoms with Crippen molar-refractivity contribution in [1.82, 2.24) is 5.32 Å². The first-order valence-electron chi connectivity index (χ1n) is 13.3. The Bertz CT molecular complexity index is 984. The third-order valence-corrected chi connectivity index (χ3v) is 7.77. The van der Waals surface area contributed by atoms with Crippen LogP contribution in [0.15, 0.2) is 60.7 Å². The smallest absolute Gasteiger partial charge is 0.304 e. The summed E-state index contributed by atoms with van der Waals surface area (Å²) in [6.07, 6.45) is 3.15. The molecule has 2 aromatic carbocycles. The van der Waals surface area contributed by atoms with Crippen molar-refractivity contribution >= 4 is 11.9 Å². The van der Waals surface area contributed by atoms with Gasteiger partial charge in [0.1, 0.15) is 6.54 Å². The first-order chi connectivity index (χ1) is 17.1. The zero-order valence-corrected chi connectivity index (χ0v) is 21.9. The molecule has 3 fully saturated rings. The van der Waals surface area contributed by atoms with Crippen LogP contribution < -0.4 is 10.4 Å². The molecule has 6 heteroatoms. The highest BCUT2D eigenvalue weighted by Gasteiger charge is 2.48. The van der Waals surface area contributed by atoms with Gasteiger partial charge in [-0.1, -0.05) is 81.4 Å². The molecule has 36 heavy (non-hydrogen) atoms. The lowest BCUT2D eigenvalue weighted by atomic mass is 9.82. The van der Waals surface area contributed by atoms with E-state index in [2.05, 4.69) is 26.1 Å². The summed E-state index contributed by atoms with van der Waals surface area (Å²) in [5.41, 5.74) is -1.32. The monoisotopic (exact) mass is 492 g/mol. The van der Waals surface area contributed by atoms with E-state index in [1.165, 1.54) is 0 Å². The predicted octanol–water partition coefficient (Wildman–Crippen LogP) is 3.39. The molecular weight excluding hydrogens is 452 g/mol. The Labute approximate surface area is 215 Å². The second-order valence-electron chi connectivity index (χ2n) is 11.8. The van der Waals surface area contributed by atoms with Crippen LogP contribution in [0.5, 0.6) is 0 Å². The van der Waals surface area contributed by atoms with Crippen LogP contribution in [-0.4, -0.2) is 55.2 Å². The minimum absolute atomic E-state index is 0.0199. The van der Waals surface area contributed by atoms with Gasteiger partial charge in [0.15, 0.2) is 6.10 Å². The van der Waals surface area contributed by atoms with Crippen LogP contribution in [0.2, 0.25) is 0 Å². The number of quaternary nitrogens is 1. The van der Waals surface area contributed by atoms with Crippen molar-refractivity contribution in [2.75, 3.05) is 32.7 Å². The van der Waals surface area contributed by atoms with Crippen LogP contribution in [0.1, 0.15) is 57.6 Å². The molecule has 1 amide bonds. The maximum absolute atomic E-state index is 14.2. The second-order valence-corrected chi connectivity index (χ2v) is 11.8. The molecule has 2 bridgehead atoms. The number of benzene rings is 2. The number of hydrogen-bond donors (Lipinski definition) is 1. The highest BCUT2D eigenvalue weighted by molar-refractivity contribution is 5.85. The standard InChI is InChI=1S/C30H40N2O4/c1-29(2,3)21-27(33)31-17-10-18-32-19-15-23(16-20-32)26(22-32)36-28(34)30(35,24-11-6-4-7-12-24)25-13-8-5-9-14-25/h4-9,11-14,23,26H,10,15-22H2,1-3H3,(H,31,33). The molecule has 0 aliphatic carbocycles. The zero-order valence-electron chi connectivity index (χ0n) is 21.9. The number of ether oxygens (including phenoxy) is 1. The van der Waals surface area contributed by atoms with E-state index in [4.69, 9.17) is 4.74 Å². The molecule has 0 radical (unpaired) electrons. The Morgan fingerprint density at radius 1 is 0.972 bits per heavy atom. The molecule has 3 aliphatic heterocycles. The molecule has 0 saturated carbocycles. The van der Waals surface area contributed by atoms with Crippen LogP contribution in [0.25, 0.3) is 0 Å². The highest BCUT2D eigenvalue weighted by Crippen LogP contribution is 2.37. The van der Waals surface area contributed by atoms with E-state index in [9.17, 15) is 14.7 Å². The normalized spacial score (nSPS) is 23.8. The molecular formula is C30H40N2O4. The van der Waals surface area contributed by atoms with Gasteiger partial charge in [-0.25, -0.2) is 0 Å². The van der Waals surface area contributed by atoms with Gasteiger partial charge in [0.25, 0.3) is 0 Å². The molecule has 3 saturated heterocycles. The molecule has 2 aromatic rings. The van der Waals surface area contributed by atoms with E-state index >= 15 is 0 Å². The molecule has 0 spiro atoms. The molecule has 0 aromatic heterocycles. The number of fused-ring (bicyclic) bond motifs is 3. The zero-order chi connectivity index (χ0) is 25.8. The highest BCUT2D eigenvalue weighted by atomic mass is 16.6. The summed E-state index contributed by atoms with van der Waals surface area (Å²) in [6.45, 7) is 10.7. The van der Waals surface area contributed by atoms with Crippen LogP contribution in [0.3, 0.4) is 0 Å². The SMILES string of the molecule is CC(C)(C)CC(=O)NCCC[N+]12CCC(CC1)C(OC(=O)C([O-])(c1ccccc1)c1ccccc1)C2. The Balaban J connectivity index is 1.41. The lowest BCUT2D eigenvalue weighted by Crippen LogP contribution is -2.65. The van der Waals surface area contributed by atoms with Gasteiger partial charge in [-0.2, -0.15) is 0 Å². The predicted molar refractivity (Wildman–Crippen MR) is 138 cm³/mol. The number of hydrogen-bond acceptors (Lipinski definition) is 4. The van der Waals surface area contributed by atoms with Crippen molar-refractivity contribution in [2.45, 2.75) is 58.2 Å². The van der Waals surface area contributed by atoms with E-state index in [0.717, 1.165) is 49.9 Å². The van der Waals surface area contributed by atoms with Gasteiger partial charge < -0.3 is 19.6 Å². The number of piperidine rings is 3. The van der Waals surface area contributed by atoms with E-state index in [1.807, 2.05) is 12.1 Å². The van der Waals surface area contributed by atoms with Crippen LogP contribution >= 0.6 is 0 Å². The minimum atomic E-state index is -2.10. The van der Waals surface area contributed by atoms with Crippen LogP contribution in [0.4, 0.5) is 0 Å². The Morgan fingerprint density at radius 2 is 1.53 bits per heavy atom. The van der Waals surface area contributed by atoms with Crippen LogP contribution in [-0.2, 0) is 19.9 Å². The van der Waals surface area contributed by atoms with Crippen molar-refractivity contribution in [2.24, 2.45) is 11.3 Å². The van der Waals surface area contributed by atoms with E-state index in [-0.39, 0.29) is 17.4 Å². The van der Waals surface area contributed by atoms with Gasteiger partial charge >= 0.3 is 5.97 Å². The number of rotatable bonds is 9. The fourth-order valence-electron chi connectivity index (χ4n) is 5.82. The summed E-state index contributed by atoms with van der Waals surface area (Å²) >= 11 is 0. The average Bonchev–Trinajstić information content (AvgIpc) is 2.87. The summed E-state index contributed by atoms with van der Waals surface area (Å²) in [6, 6.07) is 17.7. The third-order valence-electron chi connectivity index (χ3n) is 7.77. The number of nitrogens with one attached hydrogen (secondary N) is 1. The molecule has 1 atom stereocenters. The van der Waals surface area contributed by atoms with Crippen molar-refractivity contribution in [3.63, 3.8) is 0 Å². The van der Waals surface area contributed by atoms with Gasteiger partial charge in [-0.3, -0.25) is 9.59 Å². The molecule has 1 unspecified atom stereocenters. The summed E-state index contributed by atoms with van der Waals surface area (Å²) in [5, 5.41) is 17.3. The first-order valence-corrected chi connectivity index (χ1v) is 13.3. The van der Waals surface area contributed by atoms with Gasteiger partial charge in [-0.15, -0.1) is 0 Å². The number of carbonyl (C=O) groups excluding carboxylic acids is 2.